The number of hydrogen-bond acceptors (Lipinski definition) is 4. The molecule has 29 heavy (non-hydrogen) atoms. The highest BCUT2D eigenvalue weighted by Crippen LogP contribution is 2.17. The van der Waals surface area contributed by atoms with Crippen molar-refractivity contribution in [2.24, 2.45) is 10.9 Å². The number of carbonyl (C=O) groups excluding carboxylic acids is 1. The summed E-state index contributed by atoms with van der Waals surface area (Å²) in [6, 6.07) is 7.85. The molecule has 2 atom stereocenters. The van der Waals surface area contributed by atoms with E-state index in [1.165, 1.54) is 0 Å². The third-order valence-corrected chi connectivity index (χ3v) is 5.08. The van der Waals surface area contributed by atoms with E-state index in [1.807, 2.05) is 24.3 Å². The molecule has 0 radical (unpaired) electrons. The van der Waals surface area contributed by atoms with Crippen LogP contribution in [0.1, 0.15) is 31.7 Å². The molecular formula is C21H33IN4O3. The molecule has 2 unspecified atom stereocenters. The van der Waals surface area contributed by atoms with Crippen LogP contribution in [0.4, 0.5) is 5.69 Å². The molecule has 2 N–H and O–H groups in total. The highest BCUT2D eigenvalue weighted by Gasteiger charge is 2.23. The van der Waals surface area contributed by atoms with Gasteiger partial charge in [-0.2, -0.15) is 0 Å². The molecule has 7 nitrogen and oxygen atoms in total. The largest absolute Gasteiger partial charge is 0.381 e. The van der Waals surface area contributed by atoms with Gasteiger partial charge >= 0.3 is 0 Å². The zero-order chi connectivity index (χ0) is 19.8. The summed E-state index contributed by atoms with van der Waals surface area (Å²) in [6.07, 6.45) is 2.52. The minimum atomic E-state index is -0.324. The number of amides is 1. The topological polar surface area (TPSA) is 75.2 Å². The van der Waals surface area contributed by atoms with Crippen molar-refractivity contribution < 1.29 is 14.3 Å². The van der Waals surface area contributed by atoms with Gasteiger partial charge in [0.15, 0.2) is 5.96 Å². The lowest BCUT2D eigenvalue weighted by atomic mass is 10.1. The molecule has 0 spiro atoms. The maximum absolute atomic E-state index is 12.2. The highest BCUT2D eigenvalue weighted by molar-refractivity contribution is 14.0. The van der Waals surface area contributed by atoms with Crippen molar-refractivity contribution in [1.82, 2.24) is 10.2 Å². The molecule has 1 aromatic rings. The Balaban J connectivity index is 0.00000300. The van der Waals surface area contributed by atoms with E-state index in [-0.39, 0.29) is 36.0 Å². The molecule has 0 saturated carbocycles. The summed E-state index contributed by atoms with van der Waals surface area (Å²) in [7, 11) is 2.07. The lowest BCUT2D eigenvalue weighted by molar-refractivity contribution is -0.124. The first-order chi connectivity index (χ1) is 13.7. The van der Waals surface area contributed by atoms with Crippen molar-refractivity contribution in [3.8, 4) is 0 Å². The summed E-state index contributed by atoms with van der Waals surface area (Å²) in [5.74, 6) is 1.39. The third kappa shape index (κ3) is 7.42. The Morgan fingerprint density at radius 1 is 1.31 bits per heavy atom. The molecule has 1 aromatic carbocycles. The number of benzene rings is 1. The first kappa shape index (κ1) is 23.9. The van der Waals surface area contributed by atoms with Crippen LogP contribution in [0.25, 0.3) is 0 Å². The van der Waals surface area contributed by atoms with Crippen molar-refractivity contribution in [2.45, 2.75) is 38.8 Å². The zero-order valence-corrected chi connectivity index (χ0v) is 19.7. The van der Waals surface area contributed by atoms with Crippen LogP contribution >= 0.6 is 24.0 Å². The molecule has 2 aliphatic rings. The number of anilines is 1. The van der Waals surface area contributed by atoms with E-state index >= 15 is 0 Å². The fourth-order valence-corrected chi connectivity index (χ4v) is 3.59. The van der Waals surface area contributed by atoms with Crippen LogP contribution in [0.3, 0.4) is 0 Å². The molecule has 0 aliphatic carbocycles. The second kappa shape index (κ2) is 12.3. The third-order valence-electron chi connectivity index (χ3n) is 5.08. The van der Waals surface area contributed by atoms with E-state index in [0.717, 1.165) is 62.8 Å². The summed E-state index contributed by atoms with van der Waals surface area (Å²) in [4.78, 5) is 19.2. The molecule has 8 heteroatoms. The van der Waals surface area contributed by atoms with E-state index in [1.54, 1.807) is 0 Å². The van der Waals surface area contributed by atoms with Crippen LogP contribution in [0, 0.1) is 5.92 Å². The van der Waals surface area contributed by atoms with E-state index in [0.29, 0.717) is 19.1 Å². The van der Waals surface area contributed by atoms with Crippen molar-refractivity contribution in [1.29, 1.82) is 0 Å². The van der Waals surface area contributed by atoms with Crippen LogP contribution in [-0.4, -0.2) is 62.8 Å². The fraction of sp³-hybridized carbons (Fsp3) is 0.619. The summed E-state index contributed by atoms with van der Waals surface area (Å²) < 4.78 is 10.9. The quantitative estimate of drug-likeness (QED) is 0.331. The summed E-state index contributed by atoms with van der Waals surface area (Å²) in [5, 5.41) is 6.32. The fourth-order valence-electron chi connectivity index (χ4n) is 3.59. The van der Waals surface area contributed by atoms with Crippen LogP contribution < -0.4 is 10.6 Å². The van der Waals surface area contributed by atoms with Gasteiger partial charge in [0.2, 0.25) is 0 Å². The molecule has 162 valence electrons. The minimum Gasteiger partial charge on any atom is -0.381 e. The highest BCUT2D eigenvalue weighted by atomic mass is 127. The smallest absolute Gasteiger partial charge is 0.253 e. The van der Waals surface area contributed by atoms with Crippen LogP contribution in [-0.2, 0) is 20.8 Å². The number of ether oxygens (including phenoxy) is 2. The predicted molar refractivity (Wildman–Crippen MR) is 126 cm³/mol. The number of nitrogens with one attached hydrogen (secondary N) is 2. The van der Waals surface area contributed by atoms with Gasteiger partial charge in [-0.3, -0.25) is 4.79 Å². The summed E-state index contributed by atoms with van der Waals surface area (Å²) in [5.41, 5.74) is 1.84. The standard InChI is InChI=1S/C21H32N4O3.HI/c1-3-22-21(25(2)14-17-9-11-27-15-17)23-13-16-6-4-7-18(12-16)24-20(26)19-8-5-10-28-19;/h4,6-7,12,17,19H,3,5,8-11,13-15H2,1-2H3,(H,22,23)(H,24,26);1H. The Kier molecular flexibility index (Phi) is 10.2. The van der Waals surface area contributed by atoms with Gasteiger partial charge in [-0.1, -0.05) is 12.1 Å². The number of carbonyl (C=O) groups is 1. The lowest BCUT2D eigenvalue weighted by Gasteiger charge is -2.24. The van der Waals surface area contributed by atoms with Crippen molar-refractivity contribution in [3.63, 3.8) is 0 Å². The van der Waals surface area contributed by atoms with Crippen LogP contribution in [0.5, 0.6) is 0 Å². The number of rotatable bonds is 7. The number of hydrogen-bond donors (Lipinski definition) is 2. The first-order valence-electron chi connectivity index (χ1n) is 10.2. The van der Waals surface area contributed by atoms with Gasteiger partial charge in [-0.05, 0) is 43.9 Å². The zero-order valence-electron chi connectivity index (χ0n) is 17.4. The van der Waals surface area contributed by atoms with Gasteiger partial charge in [-0.15, -0.1) is 24.0 Å². The van der Waals surface area contributed by atoms with Crippen LogP contribution in [0.2, 0.25) is 0 Å². The average Bonchev–Trinajstić information content (AvgIpc) is 3.39. The summed E-state index contributed by atoms with van der Waals surface area (Å²) >= 11 is 0. The van der Waals surface area contributed by atoms with E-state index in [9.17, 15) is 4.79 Å². The monoisotopic (exact) mass is 516 g/mol. The number of guanidine groups is 1. The van der Waals surface area contributed by atoms with Crippen molar-refractivity contribution in [2.75, 3.05) is 45.3 Å². The van der Waals surface area contributed by atoms with Crippen molar-refractivity contribution >= 4 is 41.5 Å². The number of halogens is 1. The Hall–Kier alpha value is -1.39. The Morgan fingerprint density at radius 2 is 2.17 bits per heavy atom. The average molecular weight is 516 g/mol. The van der Waals surface area contributed by atoms with Gasteiger partial charge in [0, 0.05) is 45.0 Å². The normalized spacial score (nSPS) is 21.5. The maximum Gasteiger partial charge on any atom is 0.253 e. The molecule has 2 fully saturated rings. The maximum atomic E-state index is 12.2. The molecular weight excluding hydrogens is 483 g/mol. The first-order valence-corrected chi connectivity index (χ1v) is 10.2. The summed E-state index contributed by atoms with van der Waals surface area (Å²) in [6.45, 7) is 6.74. The van der Waals surface area contributed by atoms with Crippen molar-refractivity contribution in [3.05, 3.63) is 29.8 Å². The molecule has 0 aromatic heterocycles. The van der Waals surface area contributed by atoms with Gasteiger partial charge in [0.1, 0.15) is 6.10 Å². The predicted octanol–water partition coefficient (Wildman–Crippen LogP) is 2.86. The van der Waals surface area contributed by atoms with Gasteiger partial charge in [-0.25, -0.2) is 4.99 Å². The van der Waals surface area contributed by atoms with E-state index in [4.69, 9.17) is 14.5 Å². The Bertz CT molecular complexity index is 674. The number of aliphatic imine (C=N–C) groups is 1. The second-order valence-electron chi connectivity index (χ2n) is 7.47. The molecule has 3 rings (SSSR count). The van der Waals surface area contributed by atoms with Crippen LogP contribution in [0.15, 0.2) is 29.3 Å². The van der Waals surface area contributed by atoms with Gasteiger partial charge in [0.05, 0.1) is 13.2 Å². The van der Waals surface area contributed by atoms with Gasteiger partial charge < -0.3 is 25.0 Å². The molecule has 2 heterocycles. The molecule has 0 bridgehead atoms. The molecule has 2 aliphatic heterocycles. The Labute approximate surface area is 190 Å². The SMILES string of the molecule is CCNC(=NCc1cccc(NC(=O)C2CCCO2)c1)N(C)CC1CCOC1.I. The van der Waals surface area contributed by atoms with Gasteiger partial charge in [0.25, 0.3) is 5.91 Å². The second-order valence-corrected chi connectivity index (χ2v) is 7.47. The molecule has 1 amide bonds. The Morgan fingerprint density at radius 3 is 2.86 bits per heavy atom. The molecule has 2 saturated heterocycles. The van der Waals surface area contributed by atoms with E-state index in [2.05, 4.69) is 29.5 Å². The number of nitrogens with zero attached hydrogens (tertiary/aromatic N) is 2. The van der Waals surface area contributed by atoms with E-state index < -0.39 is 0 Å². The minimum absolute atomic E-state index is 0. The lowest BCUT2D eigenvalue weighted by Crippen LogP contribution is -2.41.